The van der Waals surface area contributed by atoms with Gasteiger partial charge >= 0.3 is 6.03 Å². The maximum Gasteiger partial charge on any atom is 0.322 e. The summed E-state index contributed by atoms with van der Waals surface area (Å²) in [6.45, 7) is 2.91. The predicted molar refractivity (Wildman–Crippen MR) is 120 cm³/mol. The van der Waals surface area contributed by atoms with Gasteiger partial charge in [-0.25, -0.2) is 4.79 Å². The third-order valence-corrected chi connectivity index (χ3v) is 5.72. The second kappa shape index (κ2) is 11.1. The molecule has 2 atom stereocenters. The molecule has 0 spiro atoms. The number of urea groups is 1. The zero-order chi connectivity index (χ0) is 22.2. The number of hydrogen-bond donors (Lipinski definition) is 2. The van der Waals surface area contributed by atoms with Gasteiger partial charge in [0.25, 0.3) is 5.91 Å². The predicted octanol–water partition coefficient (Wildman–Crippen LogP) is 3.20. The summed E-state index contributed by atoms with van der Waals surface area (Å²) in [6, 6.07) is 12.3. The number of pyridine rings is 1. The van der Waals surface area contributed by atoms with E-state index in [0.29, 0.717) is 30.9 Å². The molecule has 0 radical (unpaired) electrons. The van der Waals surface area contributed by atoms with E-state index < -0.39 is 0 Å². The molecule has 4 rings (SSSR count). The van der Waals surface area contributed by atoms with Crippen molar-refractivity contribution in [2.75, 3.05) is 31.6 Å². The highest BCUT2D eigenvalue weighted by atomic mass is 16.5. The summed E-state index contributed by atoms with van der Waals surface area (Å²) >= 11 is 0. The first-order valence-corrected chi connectivity index (χ1v) is 11.2. The number of nitrogens with one attached hydrogen (secondary N) is 2. The van der Waals surface area contributed by atoms with Crippen molar-refractivity contribution in [3.8, 4) is 0 Å². The van der Waals surface area contributed by atoms with Crippen LogP contribution < -0.4 is 10.6 Å². The Kier molecular flexibility index (Phi) is 7.68. The molecule has 1 aromatic heterocycles. The van der Waals surface area contributed by atoms with Gasteiger partial charge in [0.15, 0.2) is 0 Å². The Morgan fingerprint density at radius 3 is 2.38 bits per heavy atom. The third kappa shape index (κ3) is 6.27. The minimum Gasteiger partial charge on any atom is -0.376 e. The van der Waals surface area contributed by atoms with E-state index in [1.807, 2.05) is 18.2 Å². The zero-order valence-corrected chi connectivity index (χ0v) is 18.2. The fourth-order valence-electron chi connectivity index (χ4n) is 4.02. The van der Waals surface area contributed by atoms with Gasteiger partial charge in [-0.15, -0.1) is 0 Å². The van der Waals surface area contributed by atoms with E-state index in [1.54, 1.807) is 35.4 Å². The molecule has 3 heterocycles. The monoisotopic (exact) mass is 438 g/mol. The largest absolute Gasteiger partial charge is 0.376 e. The topological polar surface area (TPSA) is 92.8 Å². The van der Waals surface area contributed by atoms with Crippen LogP contribution in [0.15, 0.2) is 48.7 Å². The quantitative estimate of drug-likeness (QED) is 0.660. The van der Waals surface area contributed by atoms with Crippen LogP contribution in [0.5, 0.6) is 0 Å². The van der Waals surface area contributed by atoms with Crippen LogP contribution in [-0.4, -0.2) is 60.3 Å². The maximum absolute atomic E-state index is 13.1. The highest BCUT2D eigenvalue weighted by molar-refractivity contribution is 5.96. The SMILES string of the molecule is O=C(NCc1ccccn1)c1cccc(NC(=O)N(C[C@@H]2CCCO2)C[C@@H]2CCCO2)c1. The molecular formula is C24H30N4O4. The number of nitrogens with zero attached hydrogens (tertiary/aromatic N) is 2. The van der Waals surface area contributed by atoms with Crippen molar-refractivity contribution in [1.82, 2.24) is 15.2 Å². The number of rotatable bonds is 8. The van der Waals surface area contributed by atoms with Gasteiger partial charge in [-0.2, -0.15) is 0 Å². The van der Waals surface area contributed by atoms with Crippen LogP contribution in [0.3, 0.4) is 0 Å². The number of carbonyl (C=O) groups is 2. The third-order valence-electron chi connectivity index (χ3n) is 5.72. The van der Waals surface area contributed by atoms with Crippen molar-refractivity contribution in [2.24, 2.45) is 0 Å². The minimum absolute atomic E-state index is 0.0610. The Labute approximate surface area is 188 Å². The van der Waals surface area contributed by atoms with E-state index in [0.717, 1.165) is 44.6 Å². The lowest BCUT2D eigenvalue weighted by Crippen LogP contribution is -2.44. The van der Waals surface area contributed by atoms with Gasteiger partial charge < -0.3 is 25.0 Å². The van der Waals surface area contributed by atoms with Crippen molar-refractivity contribution >= 4 is 17.6 Å². The van der Waals surface area contributed by atoms with Crippen molar-refractivity contribution in [3.05, 3.63) is 59.9 Å². The number of aromatic nitrogens is 1. The molecule has 2 aromatic rings. The Hall–Kier alpha value is -2.97. The summed E-state index contributed by atoms with van der Waals surface area (Å²) in [5.41, 5.74) is 1.83. The lowest BCUT2D eigenvalue weighted by atomic mass is 10.2. The first kappa shape index (κ1) is 22.2. The van der Waals surface area contributed by atoms with E-state index in [9.17, 15) is 9.59 Å². The summed E-state index contributed by atoms with van der Waals surface area (Å²) in [5, 5.41) is 5.80. The normalized spacial score (nSPS) is 20.1. The lowest BCUT2D eigenvalue weighted by Gasteiger charge is -2.28. The van der Waals surface area contributed by atoms with Gasteiger partial charge in [0, 0.05) is 43.8 Å². The Balaban J connectivity index is 1.37. The van der Waals surface area contributed by atoms with Crippen LogP contribution in [-0.2, 0) is 16.0 Å². The molecule has 2 fully saturated rings. The molecule has 32 heavy (non-hydrogen) atoms. The summed E-state index contributed by atoms with van der Waals surface area (Å²) < 4.78 is 11.5. The number of carbonyl (C=O) groups excluding carboxylic acids is 2. The minimum atomic E-state index is -0.220. The van der Waals surface area contributed by atoms with Crippen LogP contribution in [0.4, 0.5) is 10.5 Å². The van der Waals surface area contributed by atoms with Gasteiger partial charge in [0.05, 0.1) is 24.4 Å². The number of anilines is 1. The molecule has 2 aliphatic heterocycles. The summed E-state index contributed by atoms with van der Waals surface area (Å²) in [7, 11) is 0. The lowest BCUT2D eigenvalue weighted by molar-refractivity contribution is 0.0524. The first-order chi connectivity index (χ1) is 15.7. The summed E-state index contributed by atoms with van der Waals surface area (Å²) in [5.74, 6) is -0.220. The average molecular weight is 439 g/mol. The van der Waals surface area contributed by atoms with Gasteiger partial charge in [-0.05, 0) is 56.0 Å². The van der Waals surface area contributed by atoms with Crippen LogP contribution in [0.2, 0.25) is 0 Å². The standard InChI is InChI=1S/C24H30N4O4/c29-23(26-15-20-7-1-2-11-25-20)18-6-3-8-19(14-18)27-24(30)28(16-21-9-4-12-31-21)17-22-10-5-13-32-22/h1-3,6-8,11,14,21-22H,4-5,9-10,12-13,15-17H2,(H,26,29)(H,27,30)/t21-,22-/m0/s1. The second-order valence-corrected chi connectivity index (χ2v) is 8.19. The second-order valence-electron chi connectivity index (χ2n) is 8.19. The van der Waals surface area contributed by atoms with E-state index in [-0.39, 0.29) is 24.1 Å². The average Bonchev–Trinajstić information content (AvgIpc) is 3.52. The Morgan fingerprint density at radius 1 is 1.00 bits per heavy atom. The summed E-state index contributed by atoms with van der Waals surface area (Å²) in [6.07, 6.45) is 5.78. The number of hydrogen-bond acceptors (Lipinski definition) is 5. The van der Waals surface area contributed by atoms with E-state index in [1.165, 1.54) is 0 Å². The fourth-order valence-corrected chi connectivity index (χ4v) is 4.02. The number of ether oxygens (including phenoxy) is 2. The summed E-state index contributed by atoms with van der Waals surface area (Å²) in [4.78, 5) is 31.6. The molecule has 8 nitrogen and oxygen atoms in total. The van der Waals surface area contributed by atoms with Crippen LogP contribution in [0, 0.1) is 0 Å². The highest BCUT2D eigenvalue weighted by Crippen LogP contribution is 2.19. The molecule has 3 amide bonds. The van der Waals surface area contributed by atoms with Crippen molar-refractivity contribution in [2.45, 2.75) is 44.4 Å². The molecule has 2 saturated heterocycles. The maximum atomic E-state index is 13.1. The fraction of sp³-hybridized carbons (Fsp3) is 0.458. The molecule has 0 aliphatic carbocycles. The van der Waals surface area contributed by atoms with Crippen molar-refractivity contribution in [3.63, 3.8) is 0 Å². The zero-order valence-electron chi connectivity index (χ0n) is 18.2. The molecule has 1 aromatic carbocycles. The van der Waals surface area contributed by atoms with E-state index in [2.05, 4.69) is 15.6 Å². The molecular weight excluding hydrogens is 408 g/mol. The van der Waals surface area contributed by atoms with Crippen LogP contribution in [0.1, 0.15) is 41.7 Å². The van der Waals surface area contributed by atoms with Gasteiger partial charge in [0.2, 0.25) is 0 Å². The van der Waals surface area contributed by atoms with E-state index >= 15 is 0 Å². The van der Waals surface area contributed by atoms with Gasteiger partial charge in [-0.1, -0.05) is 12.1 Å². The van der Waals surface area contributed by atoms with Gasteiger partial charge in [0.1, 0.15) is 0 Å². The molecule has 2 N–H and O–H groups in total. The van der Waals surface area contributed by atoms with Crippen LogP contribution >= 0.6 is 0 Å². The van der Waals surface area contributed by atoms with Crippen LogP contribution in [0.25, 0.3) is 0 Å². The smallest absolute Gasteiger partial charge is 0.322 e. The number of benzene rings is 1. The highest BCUT2D eigenvalue weighted by Gasteiger charge is 2.27. The van der Waals surface area contributed by atoms with Crippen molar-refractivity contribution in [1.29, 1.82) is 0 Å². The van der Waals surface area contributed by atoms with Gasteiger partial charge in [-0.3, -0.25) is 9.78 Å². The molecule has 0 bridgehead atoms. The first-order valence-electron chi connectivity index (χ1n) is 11.2. The molecule has 0 saturated carbocycles. The molecule has 2 aliphatic rings. The molecule has 8 heteroatoms. The molecule has 0 unspecified atom stereocenters. The Bertz CT molecular complexity index is 878. The van der Waals surface area contributed by atoms with E-state index in [4.69, 9.17) is 9.47 Å². The van der Waals surface area contributed by atoms with Crippen molar-refractivity contribution < 1.29 is 19.1 Å². The Morgan fingerprint density at radius 2 is 1.75 bits per heavy atom. The molecule has 170 valence electrons. The number of amides is 3.